The minimum Gasteiger partial charge on any atom is -0.386 e. The highest BCUT2D eigenvalue weighted by Crippen LogP contribution is 1.93. The summed E-state index contributed by atoms with van der Waals surface area (Å²) >= 11 is 5.53. The predicted octanol–water partition coefficient (Wildman–Crippen LogP) is 2.46. The molecular weight excluding hydrogens is 158 g/mol. The van der Waals surface area contributed by atoms with Crippen LogP contribution in [0, 0.1) is 0 Å². The van der Waals surface area contributed by atoms with Crippen LogP contribution in [-0.2, 0) is 0 Å². The average Bonchev–Trinajstić information content (AvgIpc) is 2.01. The van der Waals surface area contributed by atoms with Crippen molar-refractivity contribution in [3.8, 4) is 0 Å². The van der Waals surface area contributed by atoms with E-state index in [1.54, 1.807) is 6.08 Å². The van der Waals surface area contributed by atoms with E-state index in [9.17, 15) is 0 Å². The molecule has 0 aliphatic heterocycles. The van der Waals surface area contributed by atoms with E-state index in [-0.39, 0.29) is 0 Å². The SMILES string of the molecule is C=C/C=C\C(=C/CCl)NCC. The highest BCUT2D eigenvalue weighted by atomic mass is 35.5. The second-order valence-electron chi connectivity index (χ2n) is 1.94. The van der Waals surface area contributed by atoms with Crippen LogP contribution in [-0.4, -0.2) is 12.4 Å². The van der Waals surface area contributed by atoms with E-state index in [1.807, 2.05) is 25.2 Å². The number of halogens is 1. The molecule has 0 rings (SSSR count). The van der Waals surface area contributed by atoms with Crippen molar-refractivity contribution in [2.45, 2.75) is 6.92 Å². The molecule has 11 heavy (non-hydrogen) atoms. The van der Waals surface area contributed by atoms with Gasteiger partial charge in [-0.2, -0.15) is 0 Å². The number of hydrogen-bond acceptors (Lipinski definition) is 1. The molecule has 0 aromatic heterocycles. The summed E-state index contributed by atoms with van der Waals surface area (Å²) < 4.78 is 0. The molecule has 0 saturated heterocycles. The lowest BCUT2D eigenvalue weighted by molar-refractivity contribution is 0.876. The van der Waals surface area contributed by atoms with Crippen LogP contribution >= 0.6 is 11.6 Å². The lowest BCUT2D eigenvalue weighted by atomic mass is 10.3. The molecule has 0 bridgehead atoms. The molecule has 62 valence electrons. The van der Waals surface area contributed by atoms with Gasteiger partial charge in [-0.25, -0.2) is 0 Å². The molecule has 0 amide bonds. The molecule has 1 N–H and O–H groups in total. The summed E-state index contributed by atoms with van der Waals surface area (Å²) in [5.74, 6) is 0.532. The number of rotatable bonds is 5. The van der Waals surface area contributed by atoms with Gasteiger partial charge < -0.3 is 5.32 Å². The Kier molecular flexibility index (Phi) is 6.95. The Balaban J connectivity index is 3.98. The molecule has 0 saturated carbocycles. The zero-order valence-electron chi connectivity index (χ0n) is 6.81. The Hall–Kier alpha value is -0.690. The van der Waals surface area contributed by atoms with Crippen LogP contribution in [0.5, 0.6) is 0 Å². The van der Waals surface area contributed by atoms with Crippen LogP contribution in [0.2, 0.25) is 0 Å². The van der Waals surface area contributed by atoms with Gasteiger partial charge in [0.25, 0.3) is 0 Å². The molecule has 0 radical (unpaired) electrons. The van der Waals surface area contributed by atoms with Gasteiger partial charge in [-0.1, -0.05) is 18.7 Å². The Morgan fingerprint density at radius 3 is 2.82 bits per heavy atom. The monoisotopic (exact) mass is 171 g/mol. The molecule has 0 aliphatic rings. The summed E-state index contributed by atoms with van der Waals surface area (Å²) in [6.07, 6.45) is 7.48. The summed E-state index contributed by atoms with van der Waals surface area (Å²) in [6.45, 7) is 6.53. The molecule has 0 spiro atoms. The van der Waals surface area contributed by atoms with Crippen LogP contribution in [0.3, 0.4) is 0 Å². The first-order chi connectivity index (χ1) is 5.35. The second-order valence-corrected chi connectivity index (χ2v) is 2.25. The summed E-state index contributed by atoms with van der Waals surface area (Å²) in [6, 6.07) is 0. The largest absolute Gasteiger partial charge is 0.386 e. The van der Waals surface area contributed by atoms with Gasteiger partial charge in [0, 0.05) is 18.1 Å². The molecule has 0 aromatic carbocycles. The van der Waals surface area contributed by atoms with E-state index in [2.05, 4.69) is 11.9 Å². The third kappa shape index (κ3) is 5.74. The summed E-state index contributed by atoms with van der Waals surface area (Å²) in [7, 11) is 0. The van der Waals surface area contributed by atoms with Gasteiger partial charge in [0.05, 0.1) is 0 Å². The summed E-state index contributed by atoms with van der Waals surface area (Å²) in [5.41, 5.74) is 1.04. The van der Waals surface area contributed by atoms with Crippen LogP contribution in [0.1, 0.15) is 6.92 Å². The minimum atomic E-state index is 0.532. The summed E-state index contributed by atoms with van der Waals surface area (Å²) in [4.78, 5) is 0. The van der Waals surface area contributed by atoms with Crippen molar-refractivity contribution in [3.05, 3.63) is 36.6 Å². The van der Waals surface area contributed by atoms with Crippen molar-refractivity contribution < 1.29 is 0 Å². The Labute approximate surface area is 73.4 Å². The molecule has 1 nitrogen and oxygen atoms in total. The van der Waals surface area contributed by atoms with Crippen LogP contribution in [0.4, 0.5) is 0 Å². The van der Waals surface area contributed by atoms with E-state index in [4.69, 9.17) is 11.6 Å². The maximum absolute atomic E-state index is 5.53. The zero-order chi connectivity index (χ0) is 8.53. The van der Waals surface area contributed by atoms with Crippen molar-refractivity contribution in [1.82, 2.24) is 5.32 Å². The Morgan fingerprint density at radius 2 is 2.36 bits per heavy atom. The normalized spacial score (nSPS) is 12.0. The number of nitrogens with one attached hydrogen (secondary N) is 1. The summed E-state index contributed by atoms with van der Waals surface area (Å²) in [5, 5.41) is 3.16. The van der Waals surface area contributed by atoms with Gasteiger partial charge in [-0.15, -0.1) is 11.6 Å². The van der Waals surface area contributed by atoms with Gasteiger partial charge in [0.2, 0.25) is 0 Å². The molecule has 0 unspecified atom stereocenters. The average molecular weight is 172 g/mol. The lowest BCUT2D eigenvalue weighted by Crippen LogP contribution is -2.10. The number of hydrogen-bond donors (Lipinski definition) is 1. The predicted molar refractivity (Wildman–Crippen MR) is 51.8 cm³/mol. The van der Waals surface area contributed by atoms with Crippen molar-refractivity contribution in [1.29, 1.82) is 0 Å². The van der Waals surface area contributed by atoms with E-state index < -0.39 is 0 Å². The van der Waals surface area contributed by atoms with Crippen LogP contribution in [0.15, 0.2) is 36.6 Å². The molecule has 0 fully saturated rings. The molecule has 0 atom stereocenters. The standard InChI is InChI=1S/C9H14ClN/c1-3-5-6-9(7-8-10)11-4-2/h3,5-7,11H,1,4,8H2,2H3/b6-5-,9-7+. The zero-order valence-corrected chi connectivity index (χ0v) is 7.56. The third-order valence-corrected chi connectivity index (χ3v) is 1.24. The molecule has 0 aliphatic carbocycles. The lowest BCUT2D eigenvalue weighted by Gasteiger charge is -2.01. The Bertz CT molecular complexity index is 159. The molecule has 2 heteroatoms. The minimum absolute atomic E-state index is 0.532. The maximum Gasteiger partial charge on any atom is 0.0426 e. The molecule has 0 aromatic rings. The van der Waals surface area contributed by atoms with E-state index >= 15 is 0 Å². The first-order valence-electron chi connectivity index (χ1n) is 3.64. The van der Waals surface area contributed by atoms with E-state index in [0.717, 1.165) is 12.2 Å². The van der Waals surface area contributed by atoms with Gasteiger partial charge >= 0.3 is 0 Å². The highest BCUT2D eigenvalue weighted by Gasteiger charge is 1.84. The smallest absolute Gasteiger partial charge is 0.0426 e. The topological polar surface area (TPSA) is 12.0 Å². The third-order valence-electron chi connectivity index (χ3n) is 1.09. The second kappa shape index (κ2) is 7.42. The molecule has 0 heterocycles. The van der Waals surface area contributed by atoms with Gasteiger partial charge in [0.1, 0.15) is 0 Å². The Morgan fingerprint density at radius 1 is 1.64 bits per heavy atom. The first-order valence-corrected chi connectivity index (χ1v) is 4.17. The first kappa shape index (κ1) is 10.3. The van der Waals surface area contributed by atoms with Crippen molar-refractivity contribution in [2.75, 3.05) is 12.4 Å². The fourth-order valence-electron chi connectivity index (χ4n) is 0.658. The number of likely N-dealkylation sites (N-methyl/N-ethyl adjacent to an activating group) is 1. The van der Waals surface area contributed by atoms with Crippen molar-refractivity contribution in [3.63, 3.8) is 0 Å². The maximum atomic E-state index is 5.53. The quantitative estimate of drug-likeness (QED) is 0.495. The number of allylic oxidation sites excluding steroid dienone is 4. The van der Waals surface area contributed by atoms with Crippen LogP contribution < -0.4 is 5.32 Å². The van der Waals surface area contributed by atoms with Gasteiger partial charge in [0.15, 0.2) is 0 Å². The number of alkyl halides is 1. The van der Waals surface area contributed by atoms with Gasteiger partial charge in [-0.3, -0.25) is 0 Å². The van der Waals surface area contributed by atoms with E-state index in [1.165, 1.54) is 0 Å². The molecular formula is C9H14ClN. The van der Waals surface area contributed by atoms with Crippen LogP contribution in [0.25, 0.3) is 0 Å². The fourth-order valence-corrected chi connectivity index (χ4v) is 0.824. The van der Waals surface area contributed by atoms with E-state index in [0.29, 0.717) is 5.88 Å². The van der Waals surface area contributed by atoms with Crippen molar-refractivity contribution >= 4 is 11.6 Å². The highest BCUT2D eigenvalue weighted by molar-refractivity contribution is 6.18. The van der Waals surface area contributed by atoms with Crippen molar-refractivity contribution in [2.24, 2.45) is 0 Å². The van der Waals surface area contributed by atoms with Gasteiger partial charge in [-0.05, 0) is 19.1 Å². The fraction of sp³-hybridized carbons (Fsp3) is 0.333.